The maximum atomic E-state index is 10.7. The van der Waals surface area contributed by atoms with Crippen molar-refractivity contribution in [1.82, 2.24) is 0 Å². The third-order valence-corrected chi connectivity index (χ3v) is 7.30. The lowest BCUT2D eigenvalue weighted by molar-refractivity contribution is -0.144. The fourth-order valence-electron chi connectivity index (χ4n) is 6.00. The van der Waals surface area contributed by atoms with Gasteiger partial charge in [0, 0.05) is 11.8 Å². The number of carbonyl (C=O) groups is 2. The smallest absolute Gasteiger partial charge is 0.306 e. The van der Waals surface area contributed by atoms with Gasteiger partial charge in [0.15, 0.2) is 0 Å². The van der Waals surface area contributed by atoms with Crippen molar-refractivity contribution in [3.8, 4) is 0 Å². The van der Waals surface area contributed by atoms with Crippen molar-refractivity contribution in [2.45, 2.75) is 50.1 Å². The molecule has 0 aromatic heterocycles. The zero-order chi connectivity index (χ0) is 20.7. The van der Waals surface area contributed by atoms with Crippen molar-refractivity contribution in [3.63, 3.8) is 0 Å². The van der Waals surface area contributed by atoms with Gasteiger partial charge in [-0.25, -0.2) is 0 Å². The Hall–Kier alpha value is -1.26. The molecule has 29 heavy (non-hydrogen) atoms. The summed E-state index contributed by atoms with van der Waals surface area (Å²) in [6.45, 7) is 0.696. The monoisotopic (exact) mass is 414 g/mol. The Morgan fingerprint density at radius 2 is 1.14 bits per heavy atom. The summed E-state index contributed by atoms with van der Waals surface area (Å²) in [4.78, 5) is 21.4. The molecule has 2 aliphatic heterocycles. The number of hydrogen-bond acceptors (Lipinski definition) is 7. The Labute approximate surface area is 168 Å². The molecule has 0 aromatic rings. The molecular formula is C20H30O9. The fourth-order valence-corrected chi connectivity index (χ4v) is 6.00. The van der Waals surface area contributed by atoms with E-state index in [0.717, 1.165) is 25.7 Å². The molecule has 2 saturated heterocycles. The molecule has 2 heterocycles. The Bertz CT molecular complexity index is 573. The van der Waals surface area contributed by atoms with Crippen molar-refractivity contribution in [2.24, 2.45) is 35.5 Å². The molecule has 6 fully saturated rings. The first kappa shape index (κ1) is 21.0. The third kappa shape index (κ3) is 4.16. The van der Waals surface area contributed by atoms with Crippen molar-refractivity contribution >= 4 is 11.9 Å². The molecule has 0 spiro atoms. The second-order valence-corrected chi connectivity index (χ2v) is 8.87. The van der Waals surface area contributed by atoms with Gasteiger partial charge < -0.3 is 34.6 Å². The van der Waals surface area contributed by atoms with Crippen molar-refractivity contribution in [1.29, 1.82) is 0 Å². The van der Waals surface area contributed by atoms with E-state index in [-0.39, 0.29) is 25.0 Å². The number of aliphatic carboxylic acids is 2. The van der Waals surface area contributed by atoms with Crippen LogP contribution in [0.5, 0.6) is 0 Å². The van der Waals surface area contributed by atoms with Crippen LogP contribution in [0.1, 0.15) is 25.7 Å². The van der Waals surface area contributed by atoms with Crippen LogP contribution in [0.4, 0.5) is 0 Å². The maximum Gasteiger partial charge on any atom is 0.306 e. The zero-order valence-electron chi connectivity index (χ0n) is 16.3. The SMILES string of the molecule is O=C(O)C1CC2CC1C1OC21.O=C(O)C1CC2CC1C1OC21.OCCOCCO. The van der Waals surface area contributed by atoms with E-state index in [1.807, 2.05) is 0 Å². The second kappa shape index (κ2) is 8.47. The molecule has 6 aliphatic rings. The number of epoxide rings is 2. The fraction of sp³-hybridized carbons (Fsp3) is 0.900. The minimum Gasteiger partial charge on any atom is -0.481 e. The lowest BCUT2D eigenvalue weighted by Crippen LogP contribution is -2.24. The first-order valence-corrected chi connectivity index (χ1v) is 10.5. The number of hydrogen-bond donors (Lipinski definition) is 4. The van der Waals surface area contributed by atoms with Crippen molar-refractivity contribution in [3.05, 3.63) is 0 Å². The van der Waals surface area contributed by atoms with Gasteiger partial charge in [0.2, 0.25) is 0 Å². The molecular weight excluding hydrogens is 384 g/mol. The molecule has 9 nitrogen and oxygen atoms in total. The number of carboxylic acids is 2. The Balaban J connectivity index is 0.000000110. The van der Waals surface area contributed by atoms with Crippen LogP contribution in [0.2, 0.25) is 0 Å². The van der Waals surface area contributed by atoms with Gasteiger partial charge in [-0.05, 0) is 37.5 Å². The number of carboxylic acid groups (broad SMARTS) is 2. The Morgan fingerprint density at radius 3 is 1.41 bits per heavy atom. The van der Waals surface area contributed by atoms with E-state index in [1.165, 1.54) is 0 Å². The quantitative estimate of drug-likeness (QED) is 0.347. The van der Waals surface area contributed by atoms with Gasteiger partial charge in [-0.2, -0.15) is 0 Å². The van der Waals surface area contributed by atoms with Crippen LogP contribution in [-0.4, -0.2) is 83.2 Å². The van der Waals surface area contributed by atoms with E-state index < -0.39 is 11.9 Å². The zero-order valence-corrected chi connectivity index (χ0v) is 16.3. The van der Waals surface area contributed by atoms with E-state index in [9.17, 15) is 9.59 Å². The largest absolute Gasteiger partial charge is 0.481 e. The minimum absolute atomic E-state index is 0.0278. The summed E-state index contributed by atoms with van der Waals surface area (Å²) in [5.74, 6) is 0.424. The van der Waals surface area contributed by atoms with Crippen LogP contribution < -0.4 is 0 Å². The summed E-state index contributed by atoms with van der Waals surface area (Å²) < 4.78 is 15.3. The van der Waals surface area contributed by atoms with Gasteiger partial charge in [0.25, 0.3) is 0 Å². The number of aliphatic hydroxyl groups is 2. The summed E-state index contributed by atoms with van der Waals surface area (Å²) in [5, 5.41) is 33.8. The molecule has 10 atom stereocenters. The molecule has 4 N–H and O–H groups in total. The van der Waals surface area contributed by atoms with Crippen LogP contribution in [0.15, 0.2) is 0 Å². The summed E-state index contributed by atoms with van der Waals surface area (Å²) in [5.41, 5.74) is 0. The van der Waals surface area contributed by atoms with Crippen LogP contribution in [0, 0.1) is 35.5 Å². The van der Waals surface area contributed by atoms with Gasteiger partial charge in [-0.1, -0.05) is 0 Å². The summed E-state index contributed by atoms with van der Waals surface area (Å²) >= 11 is 0. The average Bonchev–Trinajstić information content (AvgIpc) is 3.53. The van der Waals surface area contributed by atoms with E-state index in [1.54, 1.807) is 0 Å². The molecule has 0 amide bonds. The highest BCUT2D eigenvalue weighted by molar-refractivity contribution is 5.72. The first-order chi connectivity index (χ1) is 14.0. The number of aliphatic hydroxyl groups excluding tert-OH is 2. The van der Waals surface area contributed by atoms with Crippen molar-refractivity contribution in [2.75, 3.05) is 26.4 Å². The van der Waals surface area contributed by atoms with E-state index in [2.05, 4.69) is 4.74 Å². The molecule has 0 aromatic carbocycles. The molecule has 10 unspecified atom stereocenters. The summed E-state index contributed by atoms with van der Waals surface area (Å²) in [6.07, 6.45) is 5.50. The summed E-state index contributed by atoms with van der Waals surface area (Å²) in [7, 11) is 0. The Morgan fingerprint density at radius 1 is 0.724 bits per heavy atom. The van der Waals surface area contributed by atoms with Gasteiger partial charge in [-0.3, -0.25) is 9.59 Å². The van der Waals surface area contributed by atoms with Crippen LogP contribution >= 0.6 is 0 Å². The Kier molecular flexibility index (Phi) is 6.13. The lowest BCUT2D eigenvalue weighted by Gasteiger charge is -2.13. The van der Waals surface area contributed by atoms with Gasteiger partial charge in [-0.15, -0.1) is 0 Å². The number of ether oxygens (including phenoxy) is 3. The van der Waals surface area contributed by atoms with Gasteiger partial charge in [0.05, 0.1) is 62.7 Å². The highest BCUT2D eigenvalue weighted by Crippen LogP contribution is 2.59. The second-order valence-electron chi connectivity index (χ2n) is 8.87. The summed E-state index contributed by atoms with van der Waals surface area (Å²) in [6, 6.07) is 0. The lowest BCUT2D eigenvalue weighted by atomic mass is 9.89. The molecule has 9 heteroatoms. The molecule has 6 rings (SSSR count). The normalized spacial score (nSPS) is 46.0. The van der Waals surface area contributed by atoms with Crippen LogP contribution in [-0.2, 0) is 23.8 Å². The average molecular weight is 414 g/mol. The van der Waals surface area contributed by atoms with E-state index in [4.69, 9.17) is 29.9 Å². The third-order valence-electron chi connectivity index (χ3n) is 7.30. The highest BCUT2D eigenvalue weighted by Gasteiger charge is 2.65. The molecule has 4 bridgehead atoms. The molecule has 4 aliphatic carbocycles. The van der Waals surface area contributed by atoms with Crippen LogP contribution in [0.25, 0.3) is 0 Å². The van der Waals surface area contributed by atoms with Gasteiger partial charge in [0.1, 0.15) is 0 Å². The first-order valence-electron chi connectivity index (χ1n) is 10.5. The topological polar surface area (TPSA) is 149 Å². The number of fused-ring (bicyclic) bond motifs is 10. The van der Waals surface area contributed by atoms with E-state index >= 15 is 0 Å². The van der Waals surface area contributed by atoms with Crippen molar-refractivity contribution < 1.29 is 44.2 Å². The highest BCUT2D eigenvalue weighted by atomic mass is 16.6. The standard InChI is InChI=1S/2C8H10O3.C4H10O3/c2*9-8(10)5-2-3-1-4(5)7-6(3)11-7;5-1-3-7-4-2-6/h2*3-7H,1-2H2,(H,9,10);5-6H,1-4H2. The predicted octanol–water partition coefficient (Wildman–Crippen LogP) is -0.0236. The minimum atomic E-state index is -0.619. The molecule has 4 saturated carbocycles. The number of rotatable bonds is 6. The van der Waals surface area contributed by atoms with E-state index in [0.29, 0.717) is 61.3 Å². The molecule has 164 valence electrons. The maximum absolute atomic E-state index is 10.7. The van der Waals surface area contributed by atoms with Crippen LogP contribution in [0.3, 0.4) is 0 Å². The molecule has 0 radical (unpaired) electrons. The predicted molar refractivity (Wildman–Crippen MR) is 97.0 cm³/mol. The van der Waals surface area contributed by atoms with Gasteiger partial charge >= 0.3 is 11.9 Å².